The summed E-state index contributed by atoms with van der Waals surface area (Å²) in [5.74, 6) is 0.620. The van der Waals surface area contributed by atoms with Crippen molar-refractivity contribution in [2.45, 2.75) is 25.8 Å². The maximum absolute atomic E-state index is 12.0. The molecule has 0 spiro atoms. The molecule has 2 amide bonds. The Morgan fingerprint density at radius 1 is 1.43 bits per heavy atom. The fraction of sp³-hybridized carbons (Fsp3) is 0.467. The SMILES string of the molecule is CCCC1C(=O)NCC(=O)N1CCOc1cccc(Br)c1. The first-order valence-electron chi connectivity index (χ1n) is 7.07. The van der Waals surface area contributed by atoms with Crippen LogP contribution < -0.4 is 10.1 Å². The van der Waals surface area contributed by atoms with Gasteiger partial charge in [-0.1, -0.05) is 35.3 Å². The molecule has 1 aliphatic heterocycles. The molecule has 0 saturated carbocycles. The second-order valence-electron chi connectivity index (χ2n) is 4.92. The molecule has 5 nitrogen and oxygen atoms in total. The molecular formula is C15H19BrN2O3. The smallest absolute Gasteiger partial charge is 0.243 e. The van der Waals surface area contributed by atoms with E-state index in [2.05, 4.69) is 21.2 Å². The fourth-order valence-electron chi connectivity index (χ4n) is 2.36. The van der Waals surface area contributed by atoms with Crippen LogP contribution >= 0.6 is 15.9 Å². The number of rotatable bonds is 6. The molecule has 1 heterocycles. The van der Waals surface area contributed by atoms with Gasteiger partial charge < -0.3 is 15.0 Å². The highest BCUT2D eigenvalue weighted by atomic mass is 79.9. The molecule has 0 radical (unpaired) electrons. The number of amides is 2. The molecule has 1 aromatic rings. The average Bonchev–Trinajstić information content (AvgIpc) is 2.46. The van der Waals surface area contributed by atoms with Crippen LogP contribution in [0.3, 0.4) is 0 Å². The lowest BCUT2D eigenvalue weighted by molar-refractivity contribution is -0.146. The molecule has 1 aliphatic rings. The van der Waals surface area contributed by atoms with E-state index in [1.807, 2.05) is 31.2 Å². The highest BCUT2D eigenvalue weighted by molar-refractivity contribution is 9.10. The van der Waals surface area contributed by atoms with Gasteiger partial charge in [-0.15, -0.1) is 0 Å². The maximum Gasteiger partial charge on any atom is 0.243 e. The van der Waals surface area contributed by atoms with Gasteiger partial charge in [-0.25, -0.2) is 0 Å². The third kappa shape index (κ3) is 4.20. The van der Waals surface area contributed by atoms with E-state index in [-0.39, 0.29) is 24.4 Å². The number of halogens is 1. The van der Waals surface area contributed by atoms with Crippen LogP contribution in [0.5, 0.6) is 5.75 Å². The van der Waals surface area contributed by atoms with Gasteiger partial charge in [0, 0.05) is 4.47 Å². The van der Waals surface area contributed by atoms with Gasteiger partial charge in [0.2, 0.25) is 11.8 Å². The van der Waals surface area contributed by atoms with Crippen molar-refractivity contribution in [2.75, 3.05) is 19.7 Å². The topological polar surface area (TPSA) is 58.6 Å². The lowest BCUT2D eigenvalue weighted by Crippen LogP contribution is -2.59. The van der Waals surface area contributed by atoms with Gasteiger partial charge in [0.1, 0.15) is 18.4 Å². The Hall–Kier alpha value is -1.56. The largest absolute Gasteiger partial charge is 0.492 e. The van der Waals surface area contributed by atoms with Crippen molar-refractivity contribution < 1.29 is 14.3 Å². The van der Waals surface area contributed by atoms with Gasteiger partial charge in [-0.05, 0) is 24.6 Å². The summed E-state index contributed by atoms with van der Waals surface area (Å²) >= 11 is 3.38. The molecule has 0 aromatic heterocycles. The molecule has 6 heteroatoms. The Labute approximate surface area is 132 Å². The maximum atomic E-state index is 12.0. The fourth-order valence-corrected chi connectivity index (χ4v) is 2.74. The summed E-state index contributed by atoms with van der Waals surface area (Å²) in [6.07, 6.45) is 1.53. The first-order chi connectivity index (χ1) is 10.1. The quantitative estimate of drug-likeness (QED) is 0.849. The van der Waals surface area contributed by atoms with Crippen molar-refractivity contribution in [1.82, 2.24) is 10.2 Å². The van der Waals surface area contributed by atoms with E-state index >= 15 is 0 Å². The molecule has 1 atom stereocenters. The third-order valence-electron chi connectivity index (χ3n) is 3.37. The number of nitrogens with zero attached hydrogens (tertiary/aromatic N) is 1. The van der Waals surface area contributed by atoms with E-state index in [1.54, 1.807) is 4.90 Å². The summed E-state index contributed by atoms with van der Waals surface area (Å²) < 4.78 is 6.59. The number of benzene rings is 1. The molecule has 1 fully saturated rings. The van der Waals surface area contributed by atoms with Gasteiger partial charge in [0.05, 0.1) is 13.1 Å². The number of piperazine rings is 1. The Kier molecular flexibility index (Phi) is 5.61. The predicted molar refractivity (Wildman–Crippen MR) is 83.1 cm³/mol. The second-order valence-corrected chi connectivity index (χ2v) is 5.83. The number of hydrogen-bond donors (Lipinski definition) is 1. The third-order valence-corrected chi connectivity index (χ3v) is 3.87. The van der Waals surface area contributed by atoms with Crippen LogP contribution in [0.15, 0.2) is 28.7 Å². The zero-order valence-corrected chi connectivity index (χ0v) is 13.6. The van der Waals surface area contributed by atoms with E-state index in [0.29, 0.717) is 19.6 Å². The lowest BCUT2D eigenvalue weighted by atomic mass is 10.1. The number of carbonyl (C=O) groups is 2. The number of hydrogen-bond acceptors (Lipinski definition) is 3. The minimum Gasteiger partial charge on any atom is -0.492 e. The van der Waals surface area contributed by atoms with Gasteiger partial charge >= 0.3 is 0 Å². The van der Waals surface area contributed by atoms with Crippen molar-refractivity contribution >= 4 is 27.7 Å². The van der Waals surface area contributed by atoms with Crippen LogP contribution in [-0.2, 0) is 9.59 Å². The summed E-state index contributed by atoms with van der Waals surface area (Å²) in [5.41, 5.74) is 0. The van der Waals surface area contributed by atoms with Crippen molar-refractivity contribution in [3.8, 4) is 5.75 Å². The van der Waals surface area contributed by atoms with Crippen LogP contribution in [0.4, 0.5) is 0 Å². The van der Waals surface area contributed by atoms with Crippen LogP contribution in [0.2, 0.25) is 0 Å². The van der Waals surface area contributed by atoms with E-state index in [4.69, 9.17) is 4.74 Å². The minimum atomic E-state index is -0.373. The number of carbonyl (C=O) groups excluding carboxylic acids is 2. The van der Waals surface area contributed by atoms with E-state index in [9.17, 15) is 9.59 Å². The van der Waals surface area contributed by atoms with Crippen molar-refractivity contribution in [3.63, 3.8) is 0 Å². The standard InChI is InChI=1S/C15H19BrN2O3/c1-2-4-13-15(20)17-10-14(19)18(13)7-8-21-12-6-3-5-11(16)9-12/h3,5-6,9,13H,2,4,7-8,10H2,1H3,(H,17,20). The molecule has 2 rings (SSSR count). The van der Waals surface area contributed by atoms with Gasteiger partial charge in [-0.2, -0.15) is 0 Å². The minimum absolute atomic E-state index is 0.0501. The summed E-state index contributed by atoms with van der Waals surface area (Å²) in [7, 11) is 0. The molecule has 0 bridgehead atoms. The second kappa shape index (κ2) is 7.45. The van der Waals surface area contributed by atoms with Crippen LogP contribution in [0.25, 0.3) is 0 Å². The zero-order chi connectivity index (χ0) is 15.2. The zero-order valence-electron chi connectivity index (χ0n) is 12.0. The highest BCUT2D eigenvalue weighted by Crippen LogP contribution is 2.18. The van der Waals surface area contributed by atoms with Gasteiger partial charge in [-0.3, -0.25) is 9.59 Å². The molecule has 1 unspecified atom stereocenters. The number of ether oxygens (including phenoxy) is 1. The van der Waals surface area contributed by atoms with Gasteiger partial charge in [0.15, 0.2) is 0 Å². The van der Waals surface area contributed by atoms with E-state index in [0.717, 1.165) is 16.6 Å². The molecule has 0 aliphatic carbocycles. The Balaban J connectivity index is 1.92. The normalized spacial score (nSPS) is 18.6. The van der Waals surface area contributed by atoms with Crippen LogP contribution in [0, 0.1) is 0 Å². The summed E-state index contributed by atoms with van der Waals surface area (Å²) in [5, 5.41) is 2.64. The summed E-state index contributed by atoms with van der Waals surface area (Å²) in [4.78, 5) is 25.5. The lowest BCUT2D eigenvalue weighted by Gasteiger charge is -2.34. The molecule has 1 aromatic carbocycles. The van der Waals surface area contributed by atoms with Crippen LogP contribution in [0.1, 0.15) is 19.8 Å². The summed E-state index contributed by atoms with van der Waals surface area (Å²) in [6.45, 7) is 2.87. The molecule has 114 valence electrons. The monoisotopic (exact) mass is 354 g/mol. The first-order valence-corrected chi connectivity index (χ1v) is 7.86. The Morgan fingerprint density at radius 3 is 2.95 bits per heavy atom. The highest BCUT2D eigenvalue weighted by Gasteiger charge is 2.33. The Morgan fingerprint density at radius 2 is 2.24 bits per heavy atom. The average molecular weight is 355 g/mol. The molecule has 1 N–H and O–H groups in total. The van der Waals surface area contributed by atoms with Crippen molar-refractivity contribution in [1.29, 1.82) is 0 Å². The summed E-state index contributed by atoms with van der Waals surface area (Å²) in [6, 6.07) is 7.16. The molecule has 1 saturated heterocycles. The Bertz CT molecular complexity index is 521. The van der Waals surface area contributed by atoms with Gasteiger partial charge in [0.25, 0.3) is 0 Å². The van der Waals surface area contributed by atoms with Crippen molar-refractivity contribution in [2.24, 2.45) is 0 Å². The van der Waals surface area contributed by atoms with Crippen LogP contribution in [-0.4, -0.2) is 42.5 Å². The molecular weight excluding hydrogens is 336 g/mol. The predicted octanol–water partition coefficient (Wildman–Crippen LogP) is 1.95. The van der Waals surface area contributed by atoms with E-state index in [1.165, 1.54) is 0 Å². The van der Waals surface area contributed by atoms with Crippen molar-refractivity contribution in [3.05, 3.63) is 28.7 Å². The first kappa shape index (κ1) is 15.8. The van der Waals surface area contributed by atoms with E-state index < -0.39 is 0 Å². The molecule has 21 heavy (non-hydrogen) atoms. The number of nitrogens with one attached hydrogen (secondary N) is 1.